The van der Waals surface area contributed by atoms with Crippen LogP contribution in [0.25, 0.3) is 5.69 Å². The Bertz CT molecular complexity index is 434. The minimum absolute atomic E-state index is 0.797. The van der Waals surface area contributed by atoms with Crippen LogP contribution in [0, 0.1) is 6.92 Å². The number of aryl methyl sites for hydroxylation is 1. The molecule has 0 saturated carbocycles. The Balaban J connectivity index is 2.39. The van der Waals surface area contributed by atoms with E-state index in [1.54, 1.807) is 0 Å². The summed E-state index contributed by atoms with van der Waals surface area (Å²) in [6.45, 7) is 2.08. The van der Waals surface area contributed by atoms with E-state index in [9.17, 15) is 0 Å². The molecule has 2 rings (SSSR count). The standard InChI is InChI=1S/C11H11BrN2/c1-9-3-2-4-11(7-9)14-6-5-10(8-12)13-14/h2-7H,8H2,1H3. The summed E-state index contributed by atoms with van der Waals surface area (Å²) in [4.78, 5) is 0. The molecule has 2 aromatic rings. The molecule has 0 aliphatic rings. The second-order valence-electron chi connectivity index (χ2n) is 3.22. The molecular weight excluding hydrogens is 240 g/mol. The van der Waals surface area contributed by atoms with Crippen molar-refractivity contribution in [1.82, 2.24) is 9.78 Å². The third-order valence-electron chi connectivity index (χ3n) is 2.05. The van der Waals surface area contributed by atoms with Crippen molar-refractivity contribution >= 4 is 15.9 Å². The first-order valence-corrected chi connectivity index (χ1v) is 5.59. The van der Waals surface area contributed by atoms with Gasteiger partial charge in [0.25, 0.3) is 0 Å². The van der Waals surface area contributed by atoms with Crippen LogP contribution in [-0.4, -0.2) is 9.78 Å². The Kier molecular flexibility index (Phi) is 2.68. The van der Waals surface area contributed by atoms with E-state index < -0.39 is 0 Å². The molecule has 0 aliphatic carbocycles. The fraction of sp³-hybridized carbons (Fsp3) is 0.182. The summed E-state index contributed by atoms with van der Waals surface area (Å²) in [5.41, 5.74) is 3.40. The third kappa shape index (κ3) is 1.87. The molecule has 2 nitrogen and oxygen atoms in total. The van der Waals surface area contributed by atoms with Crippen LogP contribution in [-0.2, 0) is 5.33 Å². The molecule has 0 bridgehead atoms. The van der Waals surface area contributed by atoms with E-state index in [1.165, 1.54) is 5.56 Å². The topological polar surface area (TPSA) is 17.8 Å². The zero-order valence-electron chi connectivity index (χ0n) is 7.94. The Morgan fingerprint density at radius 2 is 2.21 bits per heavy atom. The molecule has 1 aromatic heterocycles. The summed E-state index contributed by atoms with van der Waals surface area (Å²) < 4.78 is 1.89. The number of hydrogen-bond acceptors (Lipinski definition) is 1. The van der Waals surface area contributed by atoms with Crippen molar-refractivity contribution in [2.45, 2.75) is 12.3 Å². The van der Waals surface area contributed by atoms with Gasteiger partial charge in [0.2, 0.25) is 0 Å². The number of aromatic nitrogens is 2. The molecule has 3 heteroatoms. The lowest BCUT2D eigenvalue weighted by Gasteiger charge is -2.01. The Morgan fingerprint density at radius 1 is 1.36 bits per heavy atom. The molecule has 0 N–H and O–H groups in total. The molecule has 0 spiro atoms. The van der Waals surface area contributed by atoms with Gasteiger partial charge in [0, 0.05) is 11.5 Å². The summed E-state index contributed by atoms with van der Waals surface area (Å²) in [6.07, 6.45) is 1.98. The Hall–Kier alpha value is -1.09. The van der Waals surface area contributed by atoms with E-state index in [-0.39, 0.29) is 0 Å². The average Bonchev–Trinajstić information content (AvgIpc) is 2.66. The quantitative estimate of drug-likeness (QED) is 0.750. The fourth-order valence-corrected chi connectivity index (χ4v) is 1.65. The summed E-state index contributed by atoms with van der Waals surface area (Å²) in [5, 5.41) is 5.21. The second-order valence-corrected chi connectivity index (χ2v) is 3.79. The maximum Gasteiger partial charge on any atom is 0.0734 e. The van der Waals surface area contributed by atoms with Crippen molar-refractivity contribution in [3.05, 3.63) is 47.8 Å². The van der Waals surface area contributed by atoms with Crippen LogP contribution in [0.2, 0.25) is 0 Å². The van der Waals surface area contributed by atoms with Gasteiger partial charge in [-0.3, -0.25) is 0 Å². The summed E-state index contributed by atoms with van der Waals surface area (Å²) >= 11 is 3.38. The Labute approximate surface area is 91.7 Å². The van der Waals surface area contributed by atoms with Crippen LogP contribution >= 0.6 is 15.9 Å². The van der Waals surface area contributed by atoms with Gasteiger partial charge in [-0.15, -0.1) is 0 Å². The smallest absolute Gasteiger partial charge is 0.0734 e. The van der Waals surface area contributed by atoms with Gasteiger partial charge >= 0.3 is 0 Å². The highest BCUT2D eigenvalue weighted by Gasteiger charge is 1.99. The lowest BCUT2D eigenvalue weighted by Crippen LogP contribution is -1.95. The maximum absolute atomic E-state index is 4.41. The Morgan fingerprint density at radius 3 is 2.86 bits per heavy atom. The molecule has 0 unspecified atom stereocenters. The largest absolute Gasteiger partial charge is 0.241 e. The molecule has 0 aliphatic heterocycles. The molecule has 0 fully saturated rings. The average molecular weight is 251 g/mol. The van der Waals surface area contributed by atoms with E-state index in [4.69, 9.17) is 0 Å². The van der Waals surface area contributed by atoms with Crippen molar-refractivity contribution in [3.63, 3.8) is 0 Å². The second kappa shape index (κ2) is 3.96. The molecule has 0 amide bonds. The van der Waals surface area contributed by atoms with Gasteiger partial charge in [0.05, 0.1) is 11.4 Å². The number of hydrogen-bond donors (Lipinski definition) is 0. The van der Waals surface area contributed by atoms with Gasteiger partial charge in [0.1, 0.15) is 0 Å². The van der Waals surface area contributed by atoms with Gasteiger partial charge in [-0.2, -0.15) is 5.10 Å². The van der Waals surface area contributed by atoms with Crippen molar-refractivity contribution < 1.29 is 0 Å². The van der Waals surface area contributed by atoms with E-state index in [0.29, 0.717) is 0 Å². The lowest BCUT2D eigenvalue weighted by molar-refractivity contribution is 0.859. The van der Waals surface area contributed by atoms with Crippen LogP contribution in [0.5, 0.6) is 0 Å². The van der Waals surface area contributed by atoms with Gasteiger partial charge in [-0.1, -0.05) is 28.1 Å². The van der Waals surface area contributed by atoms with Crippen LogP contribution in [0.15, 0.2) is 36.5 Å². The highest BCUT2D eigenvalue weighted by Crippen LogP contribution is 2.10. The molecule has 0 saturated heterocycles. The van der Waals surface area contributed by atoms with Crippen molar-refractivity contribution in [2.75, 3.05) is 0 Å². The predicted octanol–water partition coefficient (Wildman–Crippen LogP) is 3.08. The van der Waals surface area contributed by atoms with Crippen LogP contribution in [0.1, 0.15) is 11.3 Å². The van der Waals surface area contributed by atoms with Gasteiger partial charge in [-0.25, -0.2) is 4.68 Å². The highest BCUT2D eigenvalue weighted by atomic mass is 79.9. The maximum atomic E-state index is 4.41. The van der Waals surface area contributed by atoms with Gasteiger partial charge < -0.3 is 0 Å². The first kappa shape index (κ1) is 9.46. The van der Waals surface area contributed by atoms with Crippen molar-refractivity contribution in [3.8, 4) is 5.69 Å². The van der Waals surface area contributed by atoms with E-state index in [1.807, 2.05) is 23.0 Å². The number of benzene rings is 1. The van der Waals surface area contributed by atoms with E-state index in [0.717, 1.165) is 16.7 Å². The van der Waals surface area contributed by atoms with Gasteiger partial charge in [-0.05, 0) is 30.7 Å². The fourth-order valence-electron chi connectivity index (χ4n) is 1.35. The number of halogens is 1. The molecule has 0 atom stereocenters. The summed E-state index contributed by atoms with van der Waals surface area (Å²) in [7, 11) is 0. The predicted molar refractivity (Wildman–Crippen MR) is 60.9 cm³/mol. The zero-order valence-corrected chi connectivity index (χ0v) is 9.53. The summed E-state index contributed by atoms with van der Waals surface area (Å²) in [6, 6.07) is 10.3. The van der Waals surface area contributed by atoms with Crippen LogP contribution < -0.4 is 0 Å². The van der Waals surface area contributed by atoms with E-state index >= 15 is 0 Å². The minimum Gasteiger partial charge on any atom is -0.241 e. The number of rotatable bonds is 2. The first-order chi connectivity index (χ1) is 6.79. The molecule has 14 heavy (non-hydrogen) atoms. The van der Waals surface area contributed by atoms with E-state index in [2.05, 4.69) is 46.2 Å². The highest BCUT2D eigenvalue weighted by molar-refractivity contribution is 9.08. The normalized spacial score (nSPS) is 10.4. The van der Waals surface area contributed by atoms with Crippen molar-refractivity contribution in [2.24, 2.45) is 0 Å². The number of alkyl halides is 1. The SMILES string of the molecule is Cc1cccc(-n2ccc(CBr)n2)c1. The zero-order chi connectivity index (χ0) is 9.97. The molecule has 72 valence electrons. The van der Waals surface area contributed by atoms with Crippen LogP contribution in [0.4, 0.5) is 0 Å². The summed E-state index contributed by atoms with van der Waals surface area (Å²) in [5.74, 6) is 0. The van der Waals surface area contributed by atoms with Crippen molar-refractivity contribution in [1.29, 1.82) is 0 Å². The molecular formula is C11H11BrN2. The monoisotopic (exact) mass is 250 g/mol. The first-order valence-electron chi connectivity index (χ1n) is 4.47. The lowest BCUT2D eigenvalue weighted by atomic mass is 10.2. The number of nitrogens with zero attached hydrogens (tertiary/aromatic N) is 2. The molecule has 1 heterocycles. The molecule has 0 radical (unpaired) electrons. The molecule has 1 aromatic carbocycles. The van der Waals surface area contributed by atoms with Crippen LogP contribution in [0.3, 0.4) is 0 Å². The minimum atomic E-state index is 0.797. The third-order valence-corrected chi connectivity index (χ3v) is 2.62. The van der Waals surface area contributed by atoms with Gasteiger partial charge in [0.15, 0.2) is 0 Å².